The van der Waals surface area contributed by atoms with E-state index in [1.165, 1.54) is 40.4 Å². The third-order valence-corrected chi connectivity index (χ3v) is 8.23. The second-order valence-corrected chi connectivity index (χ2v) is 12.7. The largest absolute Gasteiger partial charge is 0.493 e. The molecule has 12 nitrogen and oxygen atoms in total. The molecule has 5 rings (SSSR count). The quantitative estimate of drug-likeness (QED) is 0.214. The topological polar surface area (TPSA) is 131 Å². The molecule has 0 spiro atoms. The molecule has 12 heteroatoms. The summed E-state index contributed by atoms with van der Waals surface area (Å²) in [4.78, 5) is 41.5. The zero-order valence-electron chi connectivity index (χ0n) is 30.4. The Kier molecular flexibility index (Phi) is 11.4. The number of methoxy groups -OCH3 is 5. The molecule has 0 saturated heterocycles. The van der Waals surface area contributed by atoms with Gasteiger partial charge in [-0.3, -0.25) is 15.0 Å². The summed E-state index contributed by atoms with van der Waals surface area (Å²) in [5.74, 6) is 2.87. The predicted octanol–water partition coefficient (Wildman–Crippen LogP) is 5.02. The van der Waals surface area contributed by atoms with E-state index in [0.29, 0.717) is 46.2 Å². The van der Waals surface area contributed by atoms with Crippen LogP contribution in [0.15, 0.2) is 72.8 Å². The van der Waals surface area contributed by atoms with E-state index in [0.717, 1.165) is 5.56 Å². The van der Waals surface area contributed by atoms with Gasteiger partial charge in [0, 0.05) is 35.7 Å². The molecule has 0 saturated carbocycles. The minimum atomic E-state index is -1.09. The fourth-order valence-electron chi connectivity index (χ4n) is 6.03. The number of nitrogens with zero attached hydrogens (tertiary/aromatic N) is 1. The van der Waals surface area contributed by atoms with E-state index in [-0.39, 0.29) is 34.1 Å². The summed E-state index contributed by atoms with van der Waals surface area (Å²) >= 11 is 0. The number of benzene rings is 4. The van der Waals surface area contributed by atoms with Gasteiger partial charge in [0.05, 0.1) is 40.6 Å². The van der Waals surface area contributed by atoms with Gasteiger partial charge in [0.1, 0.15) is 16.8 Å². The van der Waals surface area contributed by atoms with Gasteiger partial charge >= 0.3 is 6.09 Å². The number of amides is 2. The average molecular weight is 711 g/mol. The lowest BCUT2D eigenvalue weighted by molar-refractivity contribution is 0.0635. The molecule has 272 valence electrons. The number of rotatable bonds is 12. The number of carbonyl (C=O) groups is 2. The minimum absolute atomic E-state index is 0.0228. The van der Waals surface area contributed by atoms with Gasteiger partial charge in [0.2, 0.25) is 5.75 Å². The van der Waals surface area contributed by atoms with Crippen molar-refractivity contribution in [3.8, 4) is 28.7 Å². The summed E-state index contributed by atoms with van der Waals surface area (Å²) in [6.45, 7) is 5.55. The van der Waals surface area contributed by atoms with Crippen LogP contribution in [0.2, 0.25) is 0 Å². The maximum Gasteiger partial charge on any atom is 0.412 e. The van der Waals surface area contributed by atoms with E-state index in [9.17, 15) is 14.4 Å². The predicted molar refractivity (Wildman–Crippen MR) is 195 cm³/mol. The fourth-order valence-corrected chi connectivity index (χ4v) is 6.03. The highest BCUT2D eigenvalue weighted by atomic mass is 16.6. The van der Waals surface area contributed by atoms with Crippen molar-refractivity contribution < 1.29 is 47.5 Å². The first kappa shape index (κ1) is 37.3. The first-order valence-corrected chi connectivity index (χ1v) is 16.4. The zero-order valence-corrected chi connectivity index (χ0v) is 30.4. The molecule has 4 aromatic rings. The van der Waals surface area contributed by atoms with Crippen molar-refractivity contribution >= 4 is 34.9 Å². The van der Waals surface area contributed by atoms with Gasteiger partial charge in [-0.25, -0.2) is 9.59 Å². The molecule has 0 fully saturated rings. The first-order valence-electron chi connectivity index (χ1n) is 16.4. The van der Waals surface area contributed by atoms with Crippen molar-refractivity contribution in [2.75, 3.05) is 52.4 Å². The van der Waals surface area contributed by atoms with Crippen LogP contribution in [0.3, 0.4) is 0 Å². The Bertz CT molecular complexity index is 2060. The van der Waals surface area contributed by atoms with E-state index in [1.54, 1.807) is 63.2 Å². The molecule has 1 unspecified atom stereocenters. The van der Waals surface area contributed by atoms with Gasteiger partial charge in [0.25, 0.3) is 5.91 Å². The van der Waals surface area contributed by atoms with E-state index in [2.05, 4.69) is 5.32 Å². The molecule has 1 aliphatic rings. The van der Waals surface area contributed by atoms with E-state index in [4.69, 9.17) is 33.2 Å². The van der Waals surface area contributed by atoms with Crippen LogP contribution in [0.5, 0.6) is 28.7 Å². The summed E-state index contributed by atoms with van der Waals surface area (Å²) < 4.78 is 40.3. The number of fused-ring (bicyclic) bond motifs is 1. The highest BCUT2D eigenvalue weighted by Crippen LogP contribution is 2.42. The summed E-state index contributed by atoms with van der Waals surface area (Å²) in [6, 6.07) is 21.4. The second kappa shape index (κ2) is 15.9. The molecule has 0 bridgehead atoms. The van der Waals surface area contributed by atoms with Gasteiger partial charge in [-0.1, -0.05) is 30.3 Å². The van der Waals surface area contributed by atoms with Gasteiger partial charge in [-0.2, -0.15) is 0 Å². The van der Waals surface area contributed by atoms with Crippen LogP contribution in [-0.4, -0.2) is 71.9 Å². The molecule has 0 aromatic heterocycles. The maximum absolute atomic E-state index is 14.7. The Balaban J connectivity index is 1.73. The Morgan fingerprint density at radius 3 is 2.00 bits per heavy atom. The van der Waals surface area contributed by atoms with Gasteiger partial charge in [-0.05, 0) is 74.4 Å². The van der Waals surface area contributed by atoms with E-state index >= 15 is 0 Å². The number of hydrogen-bond donors (Lipinski definition) is 1. The van der Waals surface area contributed by atoms with Crippen LogP contribution in [0, 0.1) is 0 Å². The molecule has 0 radical (unpaired) electrons. The maximum atomic E-state index is 14.7. The minimum Gasteiger partial charge on any atom is -0.493 e. The zero-order chi connectivity index (χ0) is 37.6. The first-order chi connectivity index (χ1) is 25.0. The van der Waals surface area contributed by atoms with E-state index < -0.39 is 23.8 Å². The second-order valence-electron chi connectivity index (χ2n) is 12.7. The Morgan fingerprint density at radius 2 is 1.46 bits per heavy atom. The van der Waals surface area contributed by atoms with Crippen LogP contribution in [-0.2, 0) is 20.7 Å². The standard InChI is InChI=1S/C40H42N2O10/c1-40(2,3)52-39(45)41-26-14-16-27(17-15-26)42-37(44)28-22-32(51-19-18-24-12-10-9-11-13-24)35(48-6)29(23-43)34(28)33(38(42)50-8)25-20-30(46-4)36(49-7)31(21-25)47-5/h9-17,20-22,38H,18-19H2,1-8H3,(H,41,45). The molecule has 1 atom stereocenters. The van der Waals surface area contributed by atoms with Gasteiger partial charge in [0.15, 0.2) is 29.2 Å². The SMILES string of the molecule is COc1cc(C2=c3c(cc(OCCc4ccccc4)c(OC)c3=C=O)C(=O)N(c3ccc(NC(=O)OC(C)(C)C)cc3)C2OC)cc(OC)c1OC. The molecular formula is C40H42N2O10. The van der Waals surface area contributed by atoms with E-state index in [1.807, 2.05) is 36.3 Å². The van der Waals surface area contributed by atoms with Crippen molar-refractivity contribution in [2.24, 2.45) is 0 Å². The van der Waals surface area contributed by atoms with Crippen LogP contribution in [0.25, 0.3) is 5.57 Å². The highest BCUT2D eigenvalue weighted by Gasteiger charge is 2.38. The average Bonchev–Trinajstić information content (AvgIpc) is 3.13. The molecule has 1 heterocycles. The molecule has 0 aliphatic carbocycles. The number of ether oxygens (including phenoxy) is 7. The summed E-state index contributed by atoms with van der Waals surface area (Å²) in [7, 11) is 7.35. The monoisotopic (exact) mass is 710 g/mol. The molecule has 4 aromatic carbocycles. The molecule has 52 heavy (non-hydrogen) atoms. The number of carbonyl (C=O) groups excluding carboxylic acids is 3. The fraction of sp³-hybridized carbons (Fsp3) is 0.300. The van der Waals surface area contributed by atoms with Gasteiger partial charge < -0.3 is 33.2 Å². The Hall–Kier alpha value is -5.97. The summed E-state index contributed by atoms with van der Waals surface area (Å²) in [6.07, 6.45) is -1.14. The lowest BCUT2D eigenvalue weighted by Gasteiger charge is -2.37. The Morgan fingerprint density at radius 1 is 0.827 bits per heavy atom. The van der Waals surface area contributed by atoms with Gasteiger partial charge in [-0.15, -0.1) is 0 Å². The third kappa shape index (κ3) is 7.68. The van der Waals surface area contributed by atoms with Crippen LogP contribution in [0.1, 0.15) is 42.3 Å². The molecule has 2 amide bonds. The normalized spacial score (nSPS) is 13.8. The lowest BCUT2D eigenvalue weighted by Crippen LogP contribution is -2.54. The van der Waals surface area contributed by atoms with Crippen LogP contribution in [0.4, 0.5) is 16.2 Å². The van der Waals surface area contributed by atoms with Crippen molar-refractivity contribution in [3.05, 3.63) is 99.9 Å². The van der Waals surface area contributed by atoms with Crippen molar-refractivity contribution in [2.45, 2.75) is 39.0 Å². The highest BCUT2D eigenvalue weighted by molar-refractivity contribution is 6.11. The van der Waals surface area contributed by atoms with Crippen LogP contribution < -0.4 is 44.3 Å². The smallest absolute Gasteiger partial charge is 0.412 e. The Labute approximate surface area is 302 Å². The number of anilines is 2. The lowest BCUT2D eigenvalue weighted by atomic mass is 9.91. The third-order valence-electron chi connectivity index (χ3n) is 8.23. The summed E-state index contributed by atoms with van der Waals surface area (Å²) in [5, 5.41) is 2.92. The molecule has 1 N–H and O–H groups in total. The summed E-state index contributed by atoms with van der Waals surface area (Å²) in [5.41, 5.74) is 2.30. The van der Waals surface area contributed by atoms with Crippen molar-refractivity contribution in [3.63, 3.8) is 0 Å². The molecule has 1 aliphatic heterocycles. The van der Waals surface area contributed by atoms with Crippen LogP contribution >= 0.6 is 0 Å². The van der Waals surface area contributed by atoms with Crippen molar-refractivity contribution in [1.29, 1.82) is 0 Å². The number of hydrogen-bond acceptors (Lipinski definition) is 10. The number of nitrogens with one attached hydrogen (secondary N) is 1. The van der Waals surface area contributed by atoms with Crippen molar-refractivity contribution in [1.82, 2.24) is 0 Å². The molecular weight excluding hydrogens is 668 g/mol.